The first-order valence-electron chi connectivity index (χ1n) is 9.66. The Morgan fingerprint density at radius 1 is 1.03 bits per heavy atom. The number of ether oxygens (including phenoxy) is 3. The predicted octanol–water partition coefficient (Wildman–Crippen LogP) is 4.56. The highest BCUT2D eigenvalue weighted by Crippen LogP contribution is 2.39. The zero-order valence-corrected chi connectivity index (χ0v) is 16.8. The van der Waals surface area contributed by atoms with Gasteiger partial charge < -0.3 is 19.3 Å². The highest BCUT2D eigenvalue weighted by Gasteiger charge is 2.32. The van der Waals surface area contributed by atoms with Crippen molar-refractivity contribution in [2.24, 2.45) is 0 Å². The molecule has 6 heteroatoms. The van der Waals surface area contributed by atoms with Crippen molar-refractivity contribution in [3.8, 4) is 17.2 Å². The standard InChI is InChI=1S/C25H20O6/c1-29-22-14-16(11-12-21(22)30-15-23(26)27)13-19-24(28)18-9-5-6-10-20(18)31-25(19)17-7-3-2-4-8-17/h2-14,25H,15H2,1H3,(H,26,27)/b19-13-/t25-/m1/s1. The molecule has 0 aliphatic carbocycles. The van der Waals surface area contributed by atoms with E-state index in [4.69, 9.17) is 19.3 Å². The Labute approximate surface area is 179 Å². The topological polar surface area (TPSA) is 82.1 Å². The van der Waals surface area contributed by atoms with Gasteiger partial charge in [-0.3, -0.25) is 4.79 Å². The molecule has 0 saturated carbocycles. The number of carboxylic acids is 1. The van der Waals surface area contributed by atoms with E-state index in [9.17, 15) is 9.59 Å². The monoisotopic (exact) mass is 416 g/mol. The van der Waals surface area contributed by atoms with Gasteiger partial charge in [0.2, 0.25) is 0 Å². The lowest BCUT2D eigenvalue weighted by Crippen LogP contribution is -2.23. The molecular formula is C25H20O6. The van der Waals surface area contributed by atoms with Crippen LogP contribution in [0.25, 0.3) is 6.08 Å². The van der Waals surface area contributed by atoms with Crippen molar-refractivity contribution in [2.75, 3.05) is 13.7 Å². The average molecular weight is 416 g/mol. The van der Waals surface area contributed by atoms with Crippen LogP contribution in [0.5, 0.6) is 17.2 Å². The number of para-hydroxylation sites is 1. The number of hydrogen-bond acceptors (Lipinski definition) is 5. The second kappa shape index (κ2) is 8.75. The zero-order valence-electron chi connectivity index (χ0n) is 16.8. The summed E-state index contributed by atoms with van der Waals surface area (Å²) >= 11 is 0. The fraction of sp³-hybridized carbons (Fsp3) is 0.120. The number of aliphatic carboxylic acids is 1. The summed E-state index contributed by atoms with van der Waals surface area (Å²) in [7, 11) is 1.47. The van der Waals surface area contributed by atoms with Crippen molar-refractivity contribution in [3.63, 3.8) is 0 Å². The van der Waals surface area contributed by atoms with Gasteiger partial charge in [-0.05, 0) is 41.5 Å². The van der Waals surface area contributed by atoms with Crippen LogP contribution in [0, 0.1) is 0 Å². The van der Waals surface area contributed by atoms with Crippen LogP contribution in [0.4, 0.5) is 0 Å². The maximum Gasteiger partial charge on any atom is 0.341 e. The Hall–Kier alpha value is -4.06. The molecule has 3 aromatic carbocycles. The second-order valence-corrected chi connectivity index (χ2v) is 6.93. The Kier molecular flexibility index (Phi) is 5.71. The third-order valence-electron chi connectivity index (χ3n) is 4.88. The third-order valence-corrected chi connectivity index (χ3v) is 4.88. The van der Waals surface area contributed by atoms with Crippen LogP contribution in [0.2, 0.25) is 0 Å². The van der Waals surface area contributed by atoms with E-state index in [-0.39, 0.29) is 5.78 Å². The number of fused-ring (bicyclic) bond motifs is 1. The average Bonchev–Trinajstić information content (AvgIpc) is 2.80. The summed E-state index contributed by atoms with van der Waals surface area (Å²) in [5.74, 6) is 0.0385. The van der Waals surface area contributed by atoms with Crippen molar-refractivity contribution < 1.29 is 28.9 Å². The van der Waals surface area contributed by atoms with Crippen LogP contribution in [0.3, 0.4) is 0 Å². The molecule has 1 heterocycles. The molecule has 3 aromatic rings. The van der Waals surface area contributed by atoms with E-state index in [1.165, 1.54) is 7.11 Å². The fourth-order valence-electron chi connectivity index (χ4n) is 3.45. The molecule has 0 saturated heterocycles. The van der Waals surface area contributed by atoms with Crippen LogP contribution in [-0.4, -0.2) is 30.6 Å². The molecule has 0 aromatic heterocycles. The van der Waals surface area contributed by atoms with Gasteiger partial charge in [0.1, 0.15) is 5.75 Å². The molecule has 0 bridgehead atoms. The molecule has 156 valence electrons. The fourth-order valence-corrected chi connectivity index (χ4v) is 3.45. The summed E-state index contributed by atoms with van der Waals surface area (Å²) < 4.78 is 16.8. The van der Waals surface area contributed by atoms with Crippen molar-refractivity contribution in [1.82, 2.24) is 0 Å². The molecule has 0 unspecified atom stereocenters. The number of carbonyl (C=O) groups is 2. The molecule has 4 rings (SSSR count). The molecule has 1 aliphatic rings. The Morgan fingerprint density at radius 3 is 2.52 bits per heavy atom. The summed E-state index contributed by atoms with van der Waals surface area (Å²) in [6.07, 6.45) is 1.21. The minimum Gasteiger partial charge on any atom is -0.493 e. The Bertz CT molecular complexity index is 1150. The highest BCUT2D eigenvalue weighted by atomic mass is 16.5. The van der Waals surface area contributed by atoms with Crippen molar-refractivity contribution >= 4 is 17.8 Å². The van der Waals surface area contributed by atoms with Crippen molar-refractivity contribution in [3.05, 3.63) is 95.1 Å². The van der Waals surface area contributed by atoms with Gasteiger partial charge in [0.25, 0.3) is 0 Å². The first-order chi connectivity index (χ1) is 15.1. The normalized spacial score (nSPS) is 16.4. The van der Waals surface area contributed by atoms with Crippen molar-refractivity contribution in [1.29, 1.82) is 0 Å². The molecule has 0 radical (unpaired) electrons. The van der Waals surface area contributed by atoms with E-state index in [0.29, 0.717) is 33.9 Å². The van der Waals surface area contributed by atoms with E-state index in [2.05, 4.69) is 0 Å². The van der Waals surface area contributed by atoms with Gasteiger partial charge in [-0.15, -0.1) is 0 Å². The number of methoxy groups -OCH3 is 1. The predicted molar refractivity (Wildman–Crippen MR) is 115 cm³/mol. The Morgan fingerprint density at radius 2 is 1.77 bits per heavy atom. The summed E-state index contributed by atoms with van der Waals surface area (Å²) in [5.41, 5.74) is 2.57. The van der Waals surface area contributed by atoms with Crippen molar-refractivity contribution in [2.45, 2.75) is 6.10 Å². The Balaban J connectivity index is 1.76. The van der Waals surface area contributed by atoms with Crippen LogP contribution in [0.1, 0.15) is 27.6 Å². The third kappa shape index (κ3) is 4.28. The minimum atomic E-state index is -1.08. The zero-order chi connectivity index (χ0) is 21.8. The van der Waals surface area contributed by atoms with Gasteiger partial charge in [0.05, 0.1) is 12.7 Å². The highest BCUT2D eigenvalue weighted by molar-refractivity contribution is 6.14. The first kappa shape index (κ1) is 20.2. The molecule has 1 aliphatic heterocycles. The van der Waals surface area contributed by atoms with Crippen LogP contribution in [-0.2, 0) is 4.79 Å². The summed E-state index contributed by atoms with van der Waals surface area (Å²) in [6.45, 7) is -0.476. The molecular weight excluding hydrogens is 396 g/mol. The second-order valence-electron chi connectivity index (χ2n) is 6.93. The summed E-state index contributed by atoms with van der Waals surface area (Å²) in [4.78, 5) is 24.1. The lowest BCUT2D eigenvalue weighted by Gasteiger charge is -2.28. The molecule has 0 amide bonds. The van der Waals surface area contributed by atoms with Crippen LogP contribution >= 0.6 is 0 Å². The molecule has 1 atom stereocenters. The molecule has 1 N–H and O–H groups in total. The van der Waals surface area contributed by atoms with E-state index in [1.54, 1.807) is 42.5 Å². The van der Waals surface area contributed by atoms with Crippen LogP contribution in [0.15, 0.2) is 78.4 Å². The van der Waals surface area contributed by atoms with Gasteiger partial charge in [-0.1, -0.05) is 48.5 Å². The smallest absolute Gasteiger partial charge is 0.341 e. The van der Waals surface area contributed by atoms with E-state index in [0.717, 1.165) is 5.56 Å². The minimum absolute atomic E-state index is 0.110. The van der Waals surface area contributed by atoms with E-state index in [1.807, 2.05) is 36.4 Å². The number of benzene rings is 3. The SMILES string of the molecule is COc1cc(/C=C2/C(=O)c3ccccc3O[C@@H]2c2ccccc2)ccc1OCC(=O)O. The molecule has 6 nitrogen and oxygen atoms in total. The maximum absolute atomic E-state index is 13.3. The molecule has 31 heavy (non-hydrogen) atoms. The lowest BCUT2D eigenvalue weighted by molar-refractivity contribution is -0.139. The summed E-state index contributed by atoms with van der Waals surface area (Å²) in [6, 6.07) is 21.8. The number of carbonyl (C=O) groups excluding carboxylic acids is 1. The number of ketones is 1. The quantitative estimate of drug-likeness (QED) is 0.594. The van der Waals surface area contributed by atoms with Crippen LogP contribution < -0.4 is 14.2 Å². The lowest BCUT2D eigenvalue weighted by atomic mass is 9.89. The number of rotatable bonds is 6. The van der Waals surface area contributed by atoms with E-state index >= 15 is 0 Å². The van der Waals surface area contributed by atoms with Gasteiger partial charge in [-0.2, -0.15) is 0 Å². The largest absolute Gasteiger partial charge is 0.493 e. The number of hydrogen-bond donors (Lipinski definition) is 1. The number of carboxylic acid groups (broad SMARTS) is 1. The molecule has 0 fully saturated rings. The van der Waals surface area contributed by atoms with E-state index < -0.39 is 18.7 Å². The maximum atomic E-state index is 13.3. The number of Topliss-reactive ketones (excluding diaryl/α,β-unsaturated/α-hetero) is 1. The van der Waals surface area contributed by atoms with Gasteiger partial charge in [-0.25, -0.2) is 4.79 Å². The van der Waals surface area contributed by atoms with Gasteiger partial charge >= 0.3 is 5.97 Å². The summed E-state index contributed by atoms with van der Waals surface area (Å²) in [5, 5.41) is 8.83. The van der Waals surface area contributed by atoms with Gasteiger partial charge in [0.15, 0.2) is 30.0 Å². The first-order valence-corrected chi connectivity index (χ1v) is 9.66. The van der Waals surface area contributed by atoms with Gasteiger partial charge in [0, 0.05) is 5.57 Å². The molecule has 0 spiro atoms.